The molecule has 0 aliphatic heterocycles. The van der Waals surface area contributed by atoms with E-state index in [1.54, 1.807) is 0 Å². The van der Waals surface area contributed by atoms with Gasteiger partial charge in [0.1, 0.15) is 5.82 Å². The fourth-order valence-corrected chi connectivity index (χ4v) is 2.52. The Morgan fingerprint density at radius 3 is 2.76 bits per heavy atom. The van der Waals surface area contributed by atoms with Gasteiger partial charge in [0.05, 0.1) is 6.20 Å². The number of nitrogens with zero attached hydrogens (tertiary/aromatic N) is 1. The summed E-state index contributed by atoms with van der Waals surface area (Å²) in [6, 6.07) is 1.27. The van der Waals surface area contributed by atoms with Gasteiger partial charge in [-0.1, -0.05) is 32.1 Å². The second-order valence-electron chi connectivity index (χ2n) is 4.86. The molecule has 92 valence electrons. The topological polar surface area (TPSA) is 30.0 Å². The first-order valence-electron chi connectivity index (χ1n) is 6.39. The smallest absolute Gasteiger partial charge is 0.164 e. The number of Topliss-reactive ketones (excluding diaryl/α,β-unsaturated/α-hetero) is 1. The SMILES string of the molecule is O=C(CCC1CCCCC1)c1cncc(F)c1. The first-order chi connectivity index (χ1) is 8.25. The quantitative estimate of drug-likeness (QED) is 0.744. The lowest BCUT2D eigenvalue weighted by Gasteiger charge is -2.20. The minimum Gasteiger partial charge on any atom is -0.294 e. The molecule has 1 saturated carbocycles. The van der Waals surface area contributed by atoms with Gasteiger partial charge in [-0.15, -0.1) is 0 Å². The molecule has 0 atom stereocenters. The van der Waals surface area contributed by atoms with E-state index in [0.29, 0.717) is 17.9 Å². The van der Waals surface area contributed by atoms with Crippen LogP contribution < -0.4 is 0 Å². The molecule has 1 aromatic rings. The summed E-state index contributed by atoms with van der Waals surface area (Å²) in [4.78, 5) is 15.5. The van der Waals surface area contributed by atoms with E-state index >= 15 is 0 Å². The molecular formula is C14H18FNO. The summed E-state index contributed by atoms with van der Waals surface area (Å²) in [5, 5.41) is 0. The van der Waals surface area contributed by atoms with Crippen LogP contribution in [0.2, 0.25) is 0 Å². The van der Waals surface area contributed by atoms with Gasteiger partial charge in [0, 0.05) is 18.2 Å². The van der Waals surface area contributed by atoms with E-state index in [4.69, 9.17) is 0 Å². The van der Waals surface area contributed by atoms with Gasteiger partial charge < -0.3 is 0 Å². The van der Waals surface area contributed by atoms with Gasteiger partial charge in [-0.25, -0.2) is 4.39 Å². The molecule has 0 saturated heterocycles. The predicted molar refractivity (Wildman–Crippen MR) is 64.3 cm³/mol. The summed E-state index contributed by atoms with van der Waals surface area (Å²) in [5.74, 6) is 0.269. The van der Waals surface area contributed by atoms with Crippen molar-refractivity contribution in [2.45, 2.75) is 44.9 Å². The van der Waals surface area contributed by atoms with E-state index in [1.165, 1.54) is 44.4 Å². The number of carbonyl (C=O) groups excluding carboxylic acids is 1. The number of ketones is 1. The maximum atomic E-state index is 12.9. The molecule has 0 bridgehead atoms. The van der Waals surface area contributed by atoms with E-state index < -0.39 is 5.82 Å². The highest BCUT2D eigenvalue weighted by atomic mass is 19.1. The van der Waals surface area contributed by atoms with Crippen LogP contribution in [-0.4, -0.2) is 10.8 Å². The molecule has 1 aliphatic rings. The molecule has 1 heterocycles. The van der Waals surface area contributed by atoms with Gasteiger partial charge >= 0.3 is 0 Å². The lowest BCUT2D eigenvalue weighted by Crippen LogP contribution is -2.09. The van der Waals surface area contributed by atoms with Gasteiger partial charge in [-0.2, -0.15) is 0 Å². The van der Waals surface area contributed by atoms with Crippen molar-refractivity contribution < 1.29 is 9.18 Å². The average molecular weight is 235 g/mol. The molecule has 0 unspecified atom stereocenters. The molecule has 1 aliphatic carbocycles. The third-order valence-electron chi connectivity index (χ3n) is 3.53. The summed E-state index contributed by atoms with van der Waals surface area (Å²) < 4.78 is 12.9. The molecule has 0 amide bonds. The number of pyridine rings is 1. The lowest BCUT2D eigenvalue weighted by molar-refractivity contribution is 0.0969. The molecule has 0 aromatic carbocycles. The van der Waals surface area contributed by atoms with Crippen molar-refractivity contribution in [3.63, 3.8) is 0 Å². The van der Waals surface area contributed by atoms with Crippen molar-refractivity contribution in [2.75, 3.05) is 0 Å². The monoisotopic (exact) mass is 235 g/mol. The van der Waals surface area contributed by atoms with Crippen molar-refractivity contribution >= 4 is 5.78 Å². The number of hydrogen-bond donors (Lipinski definition) is 0. The Morgan fingerprint density at radius 2 is 2.06 bits per heavy atom. The minimum absolute atomic E-state index is 0.0163. The zero-order valence-corrected chi connectivity index (χ0v) is 9.99. The molecule has 0 spiro atoms. The van der Waals surface area contributed by atoms with E-state index in [1.807, 2.05) is 0 Å². The molecule has 17 heavy (non-hydrogen) atoms. The first kappa shape index (κ1) is 12.2. The fraction of sp³-hybridized carbons (Fsp3) is 0.571. The van der Waals surface area contributed by atoms with Crippen LogP contribution in [0, 0.1) is 11.7 Å². The van der Waals surface area contributed by atoms with Crippen molar-refractivity contribution in [1.82, 2.24) is 4.98 Å². The Bertz CT molecular complexity index is 386. The Balaban J connectivity index is 1.84. The maximum Gasteiger partial charge on any atom is 0.164 e. The van der Waals surface area contributed by atoms with Gasteiger partial charge in [-0.3, -0.25) is 9.78 Å². The third kappa shape index (κ3) is 3.62. The van der Waals surface area contributed by atoms with Crippen LogP contribution in [0.3, 0.4) is 0 Å². The summed E-state index contributed by atoms with van der Waals surface area (Å²) in [7, 11) is 0. The van der Waals surface area contributed by atoms with Crippen molar-refractivity contribution in [3.05, 3.63) is 29.8 Å². The minimum atomic E-state index is -0.437. The lowest BCUT2D eigenvalue weighted by atomic mass is 9.85. The Hall–Kier alpha value is -1.25. The molecule has 0 N–H and O–H groups in total. The van der Waals surface area contributed by atoms with Crippen LogP contribution in [0.15, 0.2) is 18.5 Å². The zero-order valence-electron chi connectivity index (χ0n) is 9.99. The normalized spacial score (nSPS) is 17.0. The van der Waals surface area contributed by atoms with Gasteiger partial charge in [0.15, 0.2) is 5.78 Å². The third-order valence-corrected chi connectivity index (χ3v) is 3.53. The summed E-state index contributed by atoms with van der Waals surface area (Å²) in [5.41, 5.74) is 0.404. The molecule has 0 radical (unpaired) electrons. The molecule has 3 heteroatoms. The Labute approximate surface area is 101 Å². The number of hydrogen-bond acceptors (Lipinski definition) is 2. The maximum absolute atomic E-state index is 12.9. The largest absolute Gasteiger partial charge is 0.294 e. The van der Waals surface area contributed by atoms with Crippen LogP contribution in [0.5, 0.6) is 0 Å². The Morgan fingerprint density at radius 1 is 1.29 bits per heavy atom. The fourth-order valence-electron chi connectivity index (χ4n) is 2.52. The molecule has 1 fully saturated rings. The second kappa shape index (κ2) is 5.89. The summed E-state index contributed by atoms with van der Waals surface area (Å²) in [6.07, 6.45) is 10.4. The van der Waals surface area contributed by atoms with Gasteiger partial charge in [0.2, 0.25) is 0 Å². The number of aromatic nitrogens is 1. The van der Waals surface area contributed by atoms with Crippen LogP contribution in [-0.2, 0) is 0 Å². The molecule has 1 aromatic heterocycles. The molecule has 2 rings (SSSR count). The number of halogens is 1. The van der Waals surface area contributed by atoms with E-state index in [2.05, 4.69) is 4.98 Å². The van der Waals surface area contributed by atoms with Crippen molar-refractivity contribution in [2.24, 2.45) is 5.92 Å². The van der Waals surface area contributed by atoms with Gasteiger partial charge in [-0.05, 0) is 18.4 Å². The molecule has 2 nitrogen and oxygen atoms in total. The zero-order chi connectivity index (χ0) is 12.1. The average Bonchev–Trinajstić information content (AvgIpc) is 2.37. The van der Waals surface area contributed by atoms with Crippen molar-refractivity contribution in [1.29, 1.82) is 0 Å². The van der Waals surface area contributed by atoms with E-state index in [0.717, 1.165) is 12.6 Å². The molecular weight excluding hydrogens is 217 g/mol. The highest BCUT2D eigenvalue weighted by Crippen LogP contribution is 2.27. The van der Waals surface area contributed by atoms with Gasteiger partial charge in [0.25, 0.3) is 0 Å². The highest BCUT2D eigenvalue weighted by molar-refractivity contribution is 5.95. The van der Waals surface area contributed by atoms with Crippen LogP contribution in [0.1, 0.15) is 55.3 Å². The standard InChI is InChI=1S/C14H18FNO/c15-13-8-12(9-16-10-13)14(17)7-6-11-4-2-1-3-5-11/h8-11H,1-7H2. The number of carbonyl (C=O) groups is 1. The van der Waals surface area contributed by atoms with E-state index in [-0.39, 0.29) is 5.78 Å². The second-order valence-corrected chi connectivity index (χ2v) is 4.86. The highest BCUT2D eigenvalue weighted by Gasteiger charge is 2.15. The first-order valence-corrected chi connectivity index (χ1v) is 6.39. The van der Waals surface area contributed by atoms with Crippen LogP contribution in [0.4, 0.5) is 4.39 Å². The van der Waals surface area contributed by atoms with Crippen molar-refractivity contribution in [3.8, 4) is 0 Å². The summed E-state index contributed by atoms with van der Waals surface area (Å²) >= 11 is 0. The van der Waals surface area contributed by atoms with Crippen LogP contribution in [0.25, 0.3) is 0 Å². The number of rotatable bonds is 4. The Kier molecular flexibility index (Phi) is 4.24. The summed E-state index contributed by atoms with van der Waals surface area (Å²) in [6.45, 7) is 0. The predicted octanol–water partition coefficient (Wildman–Crippen LogP) is 3.76. The van der Waals surface area contributed by atoms with Crippen LogP contribution >= 0.6 is 0 Å². The van der Waals surface area contributed by atoms with E-state index in [9.17, 15) is 9.18 Å².